The van der Waals surface area contributed by atoms with E-state index in [2.05, 4.69) is 16.9 Å². The Morgan fingerprint density at radius 2 is 2.27 bits per heavy atom. The highest BCUT2D eigenvalue weighted by molar-refractivity contribution is 7.11. The van der Waals surface area contributed by atoms with Crippen LogP contribution in [0.5, 0.6) is 0 Å². The summed E-state index contributed by atoms with van der Waals surface area (Å²) in [6.45, 7) is 4.46. The van der Waals surface area contributed by atoms with Crippen molar-refractivity contribution in [1.29, 1.82) is 0 Å². The molecule has 118 valence electrons. The van der Waals surface area contributed by atoms with E-state index in [1.807, 2.05) is 24.0 Å². The van der Waals surface area contributed by atoms with Crippen LogP contribution in [-0.4, -0.2) is 46.9 Å². The third-order valence-electron chi connectivity index (χ3n) is 4.24. The predicted molar refractivity (Wildman–Crippen MR) is 86.0 cm³/mol. The number of carbonyl (C=O) groups excluding carboxylic acids is 1. The Morgan fingerprint density at radius 1 is 1.50 bits per heavy atom. The average Bonchev–Trinajstić information content (AvgIpc) is 3.16. The summed E-state index contributed by atoms with van der Waals surface area (Å²) in [6.07, 6.45) is 3.66. The quantitative estimate of drug-likeness (QED) is 0.869. The molecule has 0 bridgehead atoms. The number of likely N-dealkylation sites (tertiary alicyclic amines) is 1. The number of furan rings is 1. The molecule has 5 nitrogen and oxygen atoms in total. The first-order chi connectivity index (χ1) is 10.6. The predicted octanol–water partition coefficient (Wildman–Crippen LogP) is 2.78. The van der Waals surface area contributed by atoms with Gasteiger partial charge in [-0.15, -0.1) is 11.3 Å². The van der Waals surface area contributed by atoms with Gasteiger partial charge in [-0.25, -0.2) is 4.98 Å². The van der Waals surface area contributed by atoms with Crippen molar-refractivity contribution in [2.75, 3.05) is 20.1 Å². The van der Waals surface area contributed by atoms with E-state index in [9.17, 15) is 4.79 Å². The lowest BCUT2D eigenvalue weighted by Crippen LogP contribution is -2.46. The molecule has 1 fully saturated rings. The van der Waals surface area contributed by atoms with Crippen LogP contribution in [0.1, 0.15) is 34.0 Å². The fourth-order valence-corrected chi connectivity index (χ4v) is 3.64. The molecule has 0 spiro atoms. The molecule has 1 amide bonds. The summed E-state index contributed by atoms with van der Waals surface area (Å²) in [5.41, 5.74) is 2.55. The maximum Gasteiger partial charge on any atom is 0.266 e. The van der Waals surface area contributed by atoms with E-state index in [0.29, 0.717) is 6.54 Å². The van der Waals surface area contributed by atoms with E-state index < -0.39 is 0 Å². The number of hydrogen-bond donors (Lipinski definition) is 0. The highest BCUT2D eigenvalue weighted by Crippen LogP contribution is 2.23. The van der Waals surface area contributed by atoms with Gasteiger partial charge in [-0.05, 0) is 52.0 Å². The molecule has 0 aliphatic carbocycles. The zero-order chi connectivity index (χ0) is 15.5. The molecule has 1 aliphatic heterocycles. The van der Waals surface area contributed by atoms with Crippen molar-refractivity contribution in [3.05, 3.63) is 40.2 Å². The van der Waals surface area contributed by atoms with Gasteiger partial charge in [-0.2, -0.15) is 0 Å². The van der Waals surface area contributed by atoms with Crippen molar-refractivity contribution in [1.82, 2.24) is 14.8 Å². The maximum atomic E-state index is 13.0. The van der Waals surface area contributed by atoms with Crippen molar-refractivity contribution in [3.8, 4) is 0 Å². The highest BCUT2D eigenvalue weighted by atomic mass is 32.1. The van der Waals surface area contributed by atoms with Crippen LogP contribution in [0.3, 0.4) is 0 Å². The first kappa shape index (κ1) is 15.2. The molecular weight excluding hydrogens is 298 g/mol. The van der Waals surface area contributed by atoms with Gasteiger partial charge in [0.25, 0.3) is 5.91 Å². The molecule has 0 radical (unpaired) electrons. The summed E-state index contributed by atoms with van der Waals surface area (Å²) in [4.78, 5) is 22.2. The topological polar surface area (TPSA) is 49.6 Å². The third kappa shape index (κ3) is 3.23. The van der Waals surface area contributed by atoms with Gasteiger partial charge in [0.1, 0.15) is 10.6 Å². The summed E-state index contributed by atoms with van der Waals surface area (Å²) in [6, 6.07) is 4.05. The second kappa shape index (κ2) is 6.62. The van der Waals surface area contributed by atoms with Gasteiger partial charge < -0.3 is 14.2 Å². The van der Waals surface area contributed by atoms with E-state index in [1.165, 1.54) is 11.3 Å². The second-order valence-electron chi connectivity index (χ2n) is 5.81. The fraction of sp³-hybridized carbons (Fsp3) is 0.500. The summed E-state index contributed by atoms with van der Waals surface area (Å²) in [5.74, 6) is 0.903. The Morgan fingerprint density at radius 3 is 2.86 bits per heavy atom. The molecule has 2 aromatic rings. The van der Waals surface area contributed by atoms with Crippen LogP contribution in [0.25, 0.3) is 0 Å². The van der Waals surface area contributed by atoms with E-state index in [0.717, 1.165) is 42.3 Å². The Hall–Kier alpha value is -1.66. The number of aromatic nitrogens is 1. The Kier molecular flexibility index (Phi) is 4.59. The largest absolute Gasteiger partial charge is 0.467 e. The summed E-state index contributed by atoms with van der Waals surface area (Å²) < 4.78 is 5.46. The number of amides is 1. The molecule has 0 unspecified atom stereocenters. The lowest BCUT2D eigenvalue weighted by molar-refractivity contribution is 0.0554. The van der Waals surface area contributed by atoms with Gasteiger partial charge in [0, 0.05) is 6.04 Å². The number of thiazole rings is 1. The van der Waals surface area contributed by atoms with E-state index in [-0.39, 0.29) is 11.9 Å². The number of aryl methyl sites for hydroxylation is 1. The first-order valence-electron chi connectivity index (χ1n) is 7.57. The van der Waals surface area contributed by atoms with Crippen LogP contribution >= 0.6 is 11.3 Å². The van der Waals surface area contributed by atoms with Crippen LogP contribution in [0, 0.1) is 6.92 Å². The Bertz CT molecular complexity index is 615. The van der Waals surface area contributed by atoms with Gasteiger partial charge in [0.05, 0.1) is 24.0 Å². The molecular formula is C16H21N3O2S. The zero-order valence-electron chi connectivity index (χ0n) is 13.0. The van der Waals surface area contributed by atoms with Crippen LogP contribution in [0.4, 0.5) is 0 Å². The fourth-order valence-electron chi connectivity index (χ4n) is 2.88. The average molecular weight is 319 g/mol. The van der Waals surface area contributed by atoms with E-state index >= 15 is 0 Å². The van der Waals surface area contributed by atoms with Crippen molar-refractivity contribution in [2.45, 2.75) is 32.4 Å². The molecule has 0 saturated carbocycles. The highest BCUT2D eigenvalue weighted by Gasteiger charge is 2.30. The molecule has 3 heterocycles. The monoisotopic (exact) mass is 319 g/mol. The number of carbonyl (C=O) groups is 1. The van der Waals surface area contributed by atoms with Gasteiger partial charge in [0.2, 0.25) is 0 Å². The normalized spacial score (nSPS) is 16.8. The minimum Gasteiger partial charge on any atom is -0.467 e. The maximum absolute atomic E-state index is 13.0. The van der Waals surface area contributed by atoms with Crippen LogP contribution in [0.15, 0.2) is 28.3 Å². The third-order valence-corrected chi connectivity index (χ3v) is 5.15. The minimum absolute atomic E-state index is 0.0750. The van der Waals surface area contributed by atoms with Gasteiger partial charge in [0.15, 0.2) is 0 Å². The van der Waals surface area contributed by atoms with Crippen molar-refractivity contribution in [3.63, 3.8) is 0 Å². The van der Waals surface area contributed by atoms with Crippen LogP contribution in [0.2, 0.25) is 0 Å². The minimum atomic E-state index is 0.0750. The zero-order valence-corrected chi connectivity index (χ0v) is 13.8. The van der Waals surface area contributed by atoms with Crippen molar-refractivity contribution in [2.24, 2.45) is 0 Å². The second-order valence-corrected chi connectivity index (χ2v) is 6.67. The molecule has 2 aromatic heterocycles. The van der Waals surface area contributed by atoms with Gasteiger partial charge in [-0.1, -0.05) is 0 Å². The summed E-state index contributed by atoms with van der Waals surface area (Å²) >= 11 is 1.42. The number of piperidine rings is 1. The standard InChI is InChI=1S/C16H21N3O2S/c1-12-15(22-11-17-12)16(20)19(10-14-4-3-9-21-14)13-5-7-18(2)8-6-13/h3-4,9,11,13H,5-8,10H2,1-2H3. The molecule has 6 heteroatoms. The molecule has 0 aromatic carbocycles. The number of rotatable bonds is 4. The summed E-state index contributed by atoms with van der Waals surface area (Å²) in [5, 5.41) is 0. The van der Waals surface area contributed by atoms with E-state index in [1.54, 1.807) is 11.8 Å². The van der Waals surface area contributed by atoms with Gasteiger partial charge >= 0.3 is 0 Å². The first-order valence-corrected chi connectivity index (χ1v) is 8.45. The van der Waals surface area contributed by atoms with E-state index in [4.69, 9.17) is 4.42 Å². The van der Waals surface area contributed by atoms with Crippen LogP contribution in [-0.2, 0) is 6.54 Å². The number of hydrogen-bond acceptors (Lipinski definition) is 5. The molecule has 22 heavy (non-hydrogen) atoms. The van der Waals surface area contributed by atoms with Gasteiger partial charge in [-0.3, -0.25) is 4.79 Å². The lowest BCUT2D eigenvalue weighted by Gasteiger charge is -2.36. The summed E-state index contributed by atoms with van der Waals surface area (Å²) in [7, 11) is 2.13. The number of nitrogens with zero attached hydrogens (tertiary/aromatic N) is 3. The molecule has 1 aliphatic rings. The lowest BCUT2D eigenvalue weighted by atomic mass is 10.0. The molecule has 1 saturated heterocycles. The van der Waals surface area contributed by atoms with Crippen molar-refractivity contribution >= 4 is 17.2 Å². The SMILES string of the molecule is Cc1ncsc1C(=O)N(Cc1ccco1)C1CCN(C)CC1. The molecule has 0 N–H and O–H groups in total. The Labute approximate surface area is 134 Å². The Balaban J connectivity index is 1.82. The molecule has 0 atom stereocenters. The van der Waals surface area contributed by atoms with Crippen molar-refractivity contribution < 1.29 is 9.21 Å². The van der Waals surface area contributed by atoms with Crippen LogP contribution < -0.4 is 0 Å². The smallest absolute Gasteiger partial charge is 0.266 e. The molecule has 3 rings (SSSR count).